The number of rotatable bonds is 2. The average Bonchev–Trinajstić information content (AvgIpc) is 2.30. The summed E-state index contributed by atoms with van der Waals surface area (Å²) in [4.78, 5) is 1.62. The summed E-state index contributed by atoms with van der Waals surface area (Å²) < 4.78 is 0. The highest BCUT2D eigenvalue weighted by molar-refractivity contribution is 6.44. The van der Waals surface area contributed by atoms with Crippen LogP contribution < -0.4 is 4.90 Å². The Labute approximate surface area is 87.9 Å². The SMILES string of the molecule is CC(=NO)C(=NO)N(C)c1ccccc1. The maximum atomic E-state index is 8.81. The maximum absolute atomic E-state index is 8.81. The van der Waals surface area contributed by atoms with Crippen LogP contribution in [0.4, 0.5) is 5.69 Å². The van der Waals surface area contributed by atoms with Crippen LogP contribution in [0.1, 0.15) is 6.92 Å². The Hall–Kier alpha value is -2.04. The van der Waals surface area contributed by atoms with Crippen LogP contribution in [0, 0.1) is 0 Å². The van der Waals surface area contributed by atoms with E-state index in [1.807, 2.05) is 30.3 Å². The van der Waals surface area contributed by atoms with Gasteiger partial charge in [-0.15, -0.1) is 0 Å². The zero-order chi connectivity index (χ0) is 11.3. The highest BCUT2D eigenvalue weighted by atomic mass is 16.4. The molecule has 0 bridgehead atoms. The van der Waals surface area contributed by atoms with Gasteiger partial charge in [-0.05, 0) is 19.1 Å². The van der Waals surface area contributed by atoms with E-state index in [-0.39, 0.29) is 11.5 Å². The first-order valence-electron chi connectivity index (χ1n) is 4.40. The lowest BCUT2D eigenvalue weighted by Crippen LogP contribution is -2.32. The highest BCUT2D eigenvalue weighted by Crippen LogP contribution is 2.12. The lowest BCUT2D eigenvalue weighted by molar-refractivity contribution is 0.313. The number of hydrogen-bond acceptors (Lipinski definition) is 4. The first kappa shape index (κ1) is 11.0. The minimum atomic E-state index is 0.198. The summed E-state index contributed by atoms with van der Waals surface area (Å²) >= 11 is 0. The summed E-state index contributed by atoms with van der Waals surface area (Å²) in [6.45, 7) is 1.55. The molecule has 80 valence electrons. The number of anilines is 1. The molecule has 0 unspecified atom stereocenters. The van der Waals surface area contributed by atoms with E-state index in [1.54, 1.807) is 18.9 Å². The fourth-order valence-electron chi connectivity index (χ4n) is 1.20. The monoisotopic (exact) mass is 207 g/mol. The molecule has 5 heteroatoms. The van der Waals surface area contributed by atoms with E-state index in [4.69, 9.17) is 10.4 Å². The molecule has 1 rings (SSSR count). The lowest BCUT2D eigenvalue weighted by Gasteiger charge is -2.18. The van der Waals surface area contributed by atoms with Crippen molar-refractivity contribution in [1.82, 2.24) is 0 Å². The number of benzene rings is 1. The van der Waals surface area contributed by atoms with Crippen LogP contribution in [0.2, 0.25) is 0 Å². The van der Waals surface area contributed by atoms with E-state index in [2.05, 4.69) is 10.3 Å². The fourth-order valence-corrected chi connectivity index (χ4v) is 1.20. The minimum Gasteiger partial charge on any atom is -0.411 e. The van der Waals surface area contributed by atoms with Gasteiger partial charge in [-0.3, -0.25) is 0 Å². The molecule has 0 atom stereocenters. The average molecular weight is 207 g/mol. The van der Waals surface area contributed by atoms with E-state index in [0.29, 0.717) is 0 Å². The van der Waals surface area contributed by atoms with Crippen LogP contribution >= 0.6 is 0 Å². The van der Waals surface area contributed by atoms with Gasteiger partial charge in [-0.2, -0.15) is 0 Å². The second-order valence-corrected chi connectivity index (χ2v) is 3.00. The summed E-state index contributed by atoms with van der Waals surface area (Å²) in [6.07, 6.45) is 0. The van der Waals surface area contributed by atoms with Crippen LogP contribution in [0.15, 0.2) is 40.6 Å². The normalized spacial score (nSPS) is 12.7. The standard InChI is InChI=1S/C10H13N3O2/c1-8(11-14)10(12-15)13(2)9-6-4-3-5-7-9/h3-7,14-15H,1-2H3. The van der Waals surface area contributed by atoms with Crippen molar-refractivity contribution >= 4 is 17.2 Å². The molecular formula is C10H13N3O2. The Balaban J connectivity index is 2.99. The van der Waals surface area contributed by atoms with Crippen LogP contribution in [0.3, 0.4) is 0 Å². The minimum absolute atomic E-state index is 0.198. The van der Waals surface area contributed by atoms with Gasteiger partial charge < -0.3 is 15.3 Å². The third kappa shape index (κ3) is 2.46. The van der Waals surface area contributed by atoms with E-state index >= 15 is 0 Å². The first-order chi connectivity index (χ1) is 7.20. The predicted octanol–water partition coefficient (Wildman–Crippen LogP) is 1.76. The van der Waals surface area contributed by atoms with Gasteiger partial charge in [0.2, 0.25) is 0 Å². The Bertz CT molecular complexity index is 374. The molecular weight excluding hydrogens is 194 g/mol. The Morgan fingerprint density at radius 1 is 1.13 bits per heavy atom. The summed E-state index contributed by atoms with van der Waals surface area (Å²) in [5, 5.41) is 23.5. The molecule has 5 nitrogen and oxygen atoms in total. The van der Waals surface area contributed by atoms with Crippen LogP contribution in [-0.2, 0) is 0 Å². The maximum Gasteiger partial charge on any atom is 0.196 e. The molecule has 0 aliphatic heterocycles. The van der Waals surface area contributed by atoms with Crippen molar-refractivity contribution < 1.29 is 10.4 Å². The van der Waals surface area contributed by atoms with Crippen molar-refractivity contribution in [2.45, 2.75) is 6.92 Å². The molecule has 0 aliphatic rings. The van der Waals surface area contributed by atoms with E-state index < -0.39 is 0 Å². The third-order valence-corrected chi connectivity index (χ3v) is 2.03. The van der Waals surface area contributed by atoms with Crippen LogP contribution in [-0.4, -0.2) is 29.0 Å². The number of nitrogens with zero attached hydrogens (tertiary/aromatic N) is 3. The molecule has 0 amide bonds. The van der Waals surface area contributed by atoms with E-state index in [0.717, 1.165) is 5.69 Å². The van der Waals surface area contributed by atoms with Crippen molar-refractivity contribution in [1.29, 1.82) is 0 Å². The van der Waals surface area contributed by atoms with Gasteiger partial charge in [-0.1, -0.05) is 28.5 Å². The molecule has 0 radical (unpaired) electrons. The first-order valence-corrected chi connectivity index (χ1v) is 4.40. The quantitative estimate of drug-likeness (QED) is 0.336. The predicted molar refractivity (Wildman–Crippen MR) is 59.0 cm³/mol. The van der Waals surface area contributed by atoms with Gasteiger partial charge in [0.05, 0.1) is 0 Å². The second-order valence-electron chi connectivity index (χ2n) is 3.00. The number of para-hydroxylation sites is 1. The summed E-state index contributed by atoms with van der Waals surface area (Å²) in [5.41, 5.74) is 1.08. The Morgan fingerprint density at radius 2 is 1.73 bits per heavy atom. The lowest BCUT2D eigenvalue weighted by atomic mass is 10.2. The van der Waals surface area contributed by atoms with E-state index in [9.17, 15) is 0 Å². The zero-order valence-corrected chi connectivity index (χ0v) is 8.62. The number of amidine groups is 1. The summed E-state index contributed by atoms with van der Waals surface area (Å²) in [7, 11) is 1.72. The summed E-state index contributed by atoms with van der Waals surface area (Å²) in [5.74, 6) is 0.198. The van der Waals surface area contributed by atoms with Crippen molar-refractivity contribution in [3.63, 3.8) is 0 Å². The molecule has 0 spiro atoms. The molecule has 15 heavy (non-hydrogen) atoms. The largest absolute Gasteiger partial charge is 0.411 e. The van der Waals surface area contributed by atoms with Gasteiger partial charge in [0.25, 0.3) is 0 Å². The van der Waals surface area contributed by atoms with Gasteiger partial charge in [-0.25, -0.2) is 0 Å². The molecule has 2 N–H and O–H groups in total. The molecule has 0 aliphatic carbocycles. The molecule has 1 aromatic rings. The van der Waals surface area contributed by atoms with Gasteiger partial charge in [0.15, 0.2) is 5.84 Å². The van der Waals surface area contributed by atoms with Gasteiger partial charge in [0, 0.05) is 12.7 Å². The molecule has 0 saturated carbocycles. The highest BCUT2D eigenvalue weighted by Gasteiger charge is 2.12. The van der Waals surface area contributed by atoms with Crippen molar-refractivity contribution in [3.05, 3.63) is 30.3 Å². The Kier molecular flexibility index (Phi) is 3.68. The second kappa shape index (κ2) is 4.99. The third-order valence-electron chi connectivity index (χ3n) is 2.03. The number of hydrogen-bond donors (Lipinski definition) is 2. The molecule has 0 aromatic heterocycles. The molecule has 0 saturated heterocycles. The number of oxime groups is 2. The smallest absolute Gasteiger partial charge is 0.196 e. The van der Waals surface area contributed by atoms with Crippen LogP contribution in [0.25, 0.3) is 0 Å². The van der Waals surface area contributed by atoms with Crippen molar-refractivity contribution in [3.8, 4) is 0 Å². The van der Waals surface area contributed by atoms with E-state index in [1.165, 1.54) is 0 Å². The zero-order valence-electron chi connectivity index (χ0n) is 8.62. The van der Waals surface area contributed by atoms with Crippen molar-refractivity contribution in [2.75, 3.05) is 11.9 Å². The summed E-state index contributed by atoms with van der Waals surface area (Å²) in [6, 6.07) is 9.34. The van der Waals surface area contributed by atoms with Crippen LogP contribution in [0.5, 0.6) is 0 Å². The molecule has 0 heterocycles. The topological polar surface area (TPSA) is 68.4 Å². The van der Waals surface area contributed by atoms with Gasteiger partial charge >= 0.3 is 0 Å². The molecule has 0 fully saturated rings. The molecule has 1 aromatic carbocycles. The Morgan fingerprint density at radius 3 is 2.20 bits per heavy atom. The fraction of sp³-hybridized carbons (Fsp3) is 0.200. The van der Waals surface area contributed by atoms with Crippen molar-refractivity contribution in [2.24, 2.45) is 10.3 Å². The van der Waals surface area contributed by atoms with Gasteiger partial charge in [0.1, 0.15) is 5.71 Å².